The highest BCUT2D eigenvalue weighted by atomic mass is 16.1. The molecule has 1 amide bonds. The molecule has 158 valence electrons. The van der Waals surface area contributed by atoms with Gasteiger partial charge in [0.2, 0.25) is 5.95 Å². The summed E-state index contributed by atoms with van der Waals surface area (Å²) in [6, 6.07) is 8.98. The van der Waals surface area contributed by atoms with Crippen LogP contribution >= 0.6 is 0 Å². The summed E-state index contributed by atoms with van der Waals surface area (Å²) < 4.78 is 0. The zero-order valence-corrected chi connectivity index (χ0v) is 17.3. The van der Waals surface area contributed by atoms with Crippen molar-refractivity contribution < 1.29 is 4.79 Å². The Hall–Kier alpha value is -2.67. The summed E-state index contributed by atoms with van der Waals surface area (Å²) >= 11 is 0. The van der Waals surface area contributed by atoms with Crippen LogP contribution in [0.4, 0.5) is 17.5 Å². The van der Waals surface area contributed by atoms with Crippen LogP contribution in [0, 0.1) is 5.92 Å². The van der Waals surface area contributed by atoms with Crippen molar-refractivity contribution in [3.8, 4) is 0 Å². The fourth-order valence-corrected chi connectivity index (χ4v) is 4.24. The Labute approximate surface area is 177 Å². The van der Waals surface area contributed by atoms with E-state index in [0.717, 1.165) is 24.4 Å². The van der Waals surface area contributed by atoms with Gasteiger partial charge >= 0.3 is 0 Å². The standard InChI is InChI=1S/C23H30N6O/c24-21(30)20-13-25-23(28-22(20)26-18-7-8-18)27-19-5-3-16(4-6-19)17-9-11-29(12-10-17)14-15-1-2-15/h3-6,13,15,17-18H,1-2,7-12,14H2,(H2,24,30)(H2,25,26,27,28). The predicted molar refractivity (Wildman–Crippen MR) is 118 cm³/mol. The molecule has 0 spiro atoms. The van der Waals surface area contributed by atoms with E-state index >= 15 is 0 Å². The Morgan fingerprint density at radius 2 is 1.80 bits per heavy atom. The van der Waals surface area contributed by atoms with Gasteiger partial charge in [-0.1, -0.05) is 12.1 Å². The molecule has 7 nitrogen and oxygen atoms in total. The first-order chi connectivity index (χ1) is 14.6. The van der Waals surface area contributed by atoms with E-state index in [2.05, 4.69) is 49.8 Å². The molecule has 0 radical (unpaired) electrons. The molecule has 7 heteroatoms. The number of primary amides is 1. The molecule has 2 aliphatic carbocycles. The van der Waals surface area contributed by atoms with Crippen LogP contribution in [0.3, 0.4) is 0 Å². The molecule has 5 rings (SSSR count). The van der Waals surface area contributed by atoms with Gasteiger partial charge in [0, 0.05) is 24.5 Å². The van der Waals surface area contributed by atoms with Crippen molar-refractivity contribution >= 4 is 23.4 Å². The van der Waals surface area contributed by atoms with Crippen LogP contribution in [0.1, 0.15) is 60.4 Å². The fourth-order valence-electron chi connectivity index (χ4n) is 4.24. The normalized spacial score (nSPS) is 20.1. The van der Waals surface area contributed by atoms with Gasteiger partial charge in [0.15, 0.2) is 0 Å². The number of hydrogen-bond donors (Lipinski definition) is 3. The third-order valence-corrected chi connectivity index (χ3v) is 6.41. The number of anilines is 3. The number of carbonyl (C=O) groups is 1. The van der Waals surface area contributed by atoms with E-state index in [1.54, 1.807) is 0 Å². The molecule has 2 aromatic rings. The van der Waals surface area contributed by atoms with Crippen LogP contribution in [-0.4, -0.2) is 46.5 Å². The maximum atomic E-state index is 11.6. The van der Waals surface area contributed by atoms with Crippen molar-refractivity contribution in [3.05, 3.63) is 41.6 Å². The highest BCUT2D eigenvalue weighted by Gasteiger charge is 2.27. The molecule has 0 unspecified atom stereocenters. The van der Waals surface area contributed by atoms with Gasteiger partial charge in [-0.3, -0.25) is 4.79 Å². The van der Waals surface area contributed by atoms with E-state index in [4.69, 9.17) is 5.73 Å². The first-order valence-corrected chi connectivity index (χ1v) is 11.2. The summed E-state index contributed by atoms with van der Waals surface area (Å²) in [6.45, 7) is 3.75. The topological polar surface area (TPSA) is 96.2 Å². The summed E-state index contributed by atoms with van der Waals surface area (Å²) in [5, 5.41) is 6.51. The summed E-state index contributed by atoms with van der Waals surface area (Å²) in [6.07, 6.45) is 9.02. The highest BCUT2D eigenvalue weighted by molar-refractivity contribution is 5.97. The van der Waals surface area contributed by atoms with Crippen molar-refractivity contribution in [2.75, 3.05) is 30.3 Å². The minimum atomic E-state index is -0.516. The van der Waals surface area contributed by atoms with Gasteiger partial charge in [-0.05, 0) is 81.1 Å². The van der Waals surface area contributed by atoms with Crippen LogP contribution in [0.2, 0.25) is 0 Å². The lowest BCUT2D eigenvalue weighted by atomic mass is 9.89. The molecule has 2 heterocycles. The molecule has 0 bridgehead atoms. The summed E-state index contributed by atoms with van der Waals surface area (Å²) in [7, 11) is 0. The maximum absolute atomic E-state index is 11.6. The van der Waals surface area contributed by atoms with Gasteiger partial charge in [0.1, 0.15) is 5.82 Å². The number of amides is 1. The lowest BCUT2D eigenvalue weighted by Gasteiger charge is -2.32. The molecule has 1 saturated heterocycles. The minimum Gasteiger partial charge on any atom is -0.367 e. The maximum Gasteiger partial charge on any atom is 0.254 e. The second kappa shape index (κ2) is 8.22. The largest absolute Gasteiger partial charge is 0.367 e. The van der Waals surface area contributed by atoms with Crippen molar-refractivity contribution in [1.82, 2.24) is 14.9 Å². The van der Waals surface area contributed by atoms with Crippen molar-refractivity contribution in [1.29, 1.82) is 0 Å². The second-order valence-electron chi connectivity index (χ2n) is 9.00. The monoisotopic (exact) mass is 406 g/mol. The minimum absolute atomic E-state index is 0.329. The summed E-state index contributed by atoms with van der Waals surface area (Å²) in [4.78, 5) is 23.0. The van der Waals surface area contributed by atoms with Crippen LogP contribution in [-0.2, 0) is 0 Å². The van der Waals surface area contributed by atoms with E-state index in [1.165, 1.54) is 57.1 Å². The van der Waals surface area contributed by atoms with Crippen LogP contribution in [0.5, 0.6) is 0 Å². The van der Waals surface area contributed by atoms with Gasteiger partial charge in [0.05, 0.1) is 5.56 Å². The van der Waals surface area contributed by atoms with Gasteiger partial charge in [-0.25, -0.2) is 4.98 Å². The Morgan fingerprint density at radius 3 is 2.43 bits per heavy atom. The number of rotatable bonds is 8. The molecule has 1 aromatic heterocycles. The molecule has 2 saturated carbocycles. The number of hydrogen-bond acceptors (Lipinski definition) is 6. The molecule has 1 aromatic carbocycles. The van der Waals surface area contributed by atoms with E-state index in [-0.39, 0.29) is 0 Å². The fraction of sp³-hybridized carbons (Fsp3) is 0.522. The Kier molecular flexibility index (Phi) is 5.29. The first kappa shape index (κ1) is 19.3. The number of benzene rings is 1. The number of likely N-dealkylation sites (tertiary alicyclic amines) is 1. The van der Waals surface area contributed by atoms with E-state index in [1.807, 2.05) is 0 Å². The number of piperidine rings is 1. The zero-order chi connectivity index (χ0) is 20.5. The molecular formula is C23H30N6O. The van der Waals surface area contributed by atoms with Crippen LogP contribution < -0.4 is 16.4 Å². The van der Waals surface area contributed by atoms with Gasteiger partial charge in [0.25, 0.3) is 5.91 Å². The molecule has 30 heavy (non-hydrogen) atoms. The van der Waals surface area contributed by atoms with Crippen LogP contribution in [0.15, 0.2) is 30.5 Å². The van der Waals surface area contributed by atoms with Gasteiger partial charge in [-0.15, -0.1) is 0 Å². The smallest absolute Gasteiger partial charge is 0.254 e. The Bertz CT molecular complexity index is 898. The number of nitrogens with two attached hydrogens (primary N) is 1. The Morgan fingerprint density at radius 1 is 1.07 bits per heavy atom. The molecular weight excluding hydrogens is 376 g/mol. The van der Waals surface area contributed by atoms with Crippen molar-refractivity contribution in [2.45, 2.75) is 50.5 Å². The van der Waals surface area contributed by atoms with E-state index < -0.39 is 5.91 Å². The SMILES string of the molecule is NC(=O)c1cnc(Nc2ccc(C3CCN(CC4CC4)CC3)cc2)nc1NC1CC1. The number of aromatic nitrogens is 2. The first-order valence-electron chi connectivity index (χ1n) is 11.2. The van der Waals surface area contributed by atoms with Gasteiger partial charge in [-0.2, -0.15) is 4.98 Å². The quantitative estimate of drug-likeness (QED) is 0.621. The van der Waals surface area contributed by atoms with E-state index in [9.17, 15) is 4.79 Å². The van der Waals surface area contributed by atoms with Gasteiger partial charge < -0.3 is 21.3 Å². The molecule has 4 N–H and O–H groups in total. The molecule has 3 fully saturated rings. The molecule has 3 aliphatic rings. The van der Waals surface area contributed by atoms with E-state index in [0.29, 0.717) is 29.3 Å². The summed E-state index contributed by atoms with van der Waals surface area (Å²) in [5.41, 5.74) is 8.13. The zero-order valence-electron chi connectivity index (χ0n) is 17.3. The average Bonchev–Trinajstić information content (AvgIpc) is 3.67. The predicted octanol–water partition coefficient (Wildman–Crippen LogP) is 3.48. The summed E-state index contributed by atoms with van der Waals surface area (Å²) in [5.74, 6) is 2.08. The molecule has 0 atom stereocenters. The number of carbonyl (C=O) groups excluding carboxylic acids is 1. The third-order valence-electron chi connectivity index (χ3n) is 6.41. The lowest BCUT2D eigenvalue weighted by Crippen LogP contribution is -2.34. The third kappa shape index (κ3) is 4.73. The molecule has 1 aliphatic heterocycles. The number of nitrogens with zero attached hydrogens (tertiary/aromatic N) is 3. The van der Waals surface area contributed by atoms with Crippen LogP contribution in [0.25, 0.3) is 0 Å². The highest BCUT2D eigenvalue weighted by Crippen LogP contribution is 2.34. The average molecular weight is 407 g/mol. The lowest BCUT2D eigenvalue weighted by molar-refractivity contribution is 0.100. The number of nitrogens with one attached hydrogen (secondary N) is 2. The van der Waals surface area contributed by atoms with Crippen molar-refractivity contribution in [2.24, 2.45) is 11.7 Å². The van der Waals surface area contributed by atoms with Crippen molar-refractivity contribution in [3.63, 3.8) is 0 Å². The second-order valence-corrected chi connectivity index (χ2v) is 9.00. The Balaban J connectivity index is 1.21.